The van der Waals surface area contributed by atoms with Crippen LogP contribution in [0.3, 0.4) is 0 Å². The molecule has 22 heavy (non-hydrogen) atoms. The zero-order valence-electron chi connectivity index (χ0n) is 12.4. The fourth-order valence-corrected chi connectivity index (χ4v) is 3.50. The summed E-state index contributed by atoms with van der Waals surface area (Å²) < 4.78 is 0. The third-order valence-electron chi connectivity index (χ3n) is 4.27. The van der Waals surface area contributed by atoms with Crippen LogP contribution in [0.4, 0.5) is 0 Å². The fourth-order valence-electron chi connectivity index (χ4n) is 3.19. The van der Waals surface area contributed by atoms with Gasteiger partial charge in [-0.3, -0.25) is 0 Å². The van der Waals surface area contributed by atoms with Gasteiger partial charge in [0.05, 0.1) is 0 Å². The summed E-state index contributed by atoms with van der Waals surface area (Å²) in [7, 11) is 0. The van der Waals surface area contributed by atoms with E-state index >= 15 is 0 Å². The summed E-state index contributed by atoms with van der Waals surface area (Å²) in [6.45, 7) is 2.13. The molecule has 0 heterocycles. The van der Waals surface area contributed by atoms with E-state index in [2.05, 4.69) is 79.7 Å². The molecule has 0 radical (unpaired) electrons. The van der Waals surface area contributed by atoms with Gasteiger partial charge in [0.2, 0.25) is 0 Å². The van der Waals surface area contributed by atoms with E-state index in [0.717, 1.165) is 4.90 Å². The Kier molecular flexibility index (Phi) is 3.16. The van der Waals surface area contributed by atoms with Crippen molar-refractivity contribution in [1.82, 2.24) is 0 Å². The molecule has 0 aliphatic heterocycles. The Morgan fingerprint density at radius 3 is 2.14 bits per heavy atom. The Hall–Kier alpha value is -2.25. The smallest absolute Gasteiger partial charge is 0.0155 e. The topological polar surface area (TPSA) is 0 Å². The second kappa shape index (κ2) is 5.19. The highest BCUT2D eigenvalue weighted by Gasteiger charge is 2.12. The Morgan fingerprint density at radius 1 is 0.682 bits per heavy atom. The number of hydrogen-bond donors (Lipinski definition) is 1. The molecule has 0 saturated carbocycles. The Bertz CT molecular complexity index is 994. The van der Waals surface area contributed by atoms with Gasteiger partial charge < -0.3 is 0 Å². The van der Waals surface area contributed by atoms with Gasteiger partial charge in [-0.25, -0.2) is 0 Å². The highest BCUT2D eigenvalue weighted by atomic mass is 32.1. The Labute approximate surface area is 135 Å². The number of aryl methyl sites for hydroxylation is 1. The molecule has 0 nitrogen and oxygen atoms in total. The second-order valence-corrected chi connectivity index (χ2v) is 6.11. The lowest BCUT2D eigenvalue weighted by atomic mass is 9.92. The van der Waals surface area contributed by atoms with Crippen LogP contribution in [-0.2, 0) is 0 Å². The first-order valence-corrected chi connectivity index (χ1v) is 7.90. The van der Waals surface area contributed by atoms with Crippen LogP contribution in [0.2, 0.25) is 0 Å². The number of rotatable bonds is 1. The summed E-state index contributed by atoms with van der Waals surface area (Å²) in [6, 6.07) is 25.8. The van der Waals surface area contributed by atoms with Crippen molar-refractivity contribution in [3.63, 3.8) is 0 Å². The van der Waals surface area contributed by atoms with Crippen LogP contribution in [0.15, 0.2) is 77.7 Å². The van der Waals surface area contributed by atoms with Crippen LogP contribution in [0.25, 0.3) is 32.7 Å². The normalized spacial score (nSPS) is 11.2. The zero-order chi connectivity index (χ0) is 15.1. The van der Waals surface area contributed by atoms with Crippen molar-refractivity contribution in [3.8, 4) is 11.1 Å². The third-order valence-corrected chi connectivity index (χ3v) is 4.85. The summed E-state index contributed by atoms with van der Waals surface area (Å²) in [4.78, 5) is 1.06. The van der Waals surface area contributed by atoms with Crippen LogP contribution in [0.1, 0.15) is 5.56 Å². The molecule has 4 rings (SSSR count). The minimum atomic E-state index is 1.06. The van der Waals surface area contributed by atoms with E-state index in [9.17, 15) is 0 Å². The van der Waals surface area contributed by atoms with Gasteiger partial charge in [-0.05, 0) is 39.6 Å². The predicted molar refractivity (Wildman–Crippen MR) is 98.9 cm³/mol. The molecule has 0 amide bonds. The van der Waals surface area contributed by atoms with E-state index in [1.165, 1.54) is 38.2 Å². The molecule has 0 fully saturated rings. The van der Waals surface area contributed by atoms with Gasteiger partial charge in [0.25, 0.3) is 0 Å². The van der Waals surface area contributed by atoms with Crippen LogP contribution < -0.4 is 0 Å². The third kappa shape index (κ3) is 2.01. The summed E-state index contributed by atoms with van der Waals surface area (Å²) in [5.74, 6) is 0. The molecule has 4 aromatic carbocycles. The highest BCUT2D eigenvalue weighted by Crippen LogP contribution is 2.39. The summed E-state index contributed by atoms with van der Waals surface area (Å²) >= 11 is 4.82. The first-order valence-electron chi connectivity index (χ1n) is 7.45. The van der Waals surface area contributed by atoms with Crippen LogP contribution in [0, 0.1) is 6.92 Å². The quantitative estimate of drug-likeness (QED) is 0.394. The molecule has 0 atom stereocenters. The van der Waals surface area contributed by atoms with Crippen molar-refractivity contribution in [3.05, 3.63) is 78.4 Å². The van der Waals surface area contributed by atoms with E-state index in [-0.39, 0.29) is 0 Å². The van der Waals surface area contributed by atoms with Gasteiger partial charge in [-0.1, -0.05) is 72.8 Å². The molecule has 0 aliphatic rings. The minimum Gasteiger partial charge on any atom is -0.142 e. The molecule has 0 aromatic heterocycles. The molecule has 0 saturated heterocycles. The lowest BCUT2D eigenvalue weighted by molar-refractivity contribution is 1.34. The van der Waals surface area contributed by atoms with Gasteiger partial charge >= 0.3 is 0 Å². The number of benzene rings is 4. The van der Waals surface area contributed by atoms with Crippen molar-refractivity contribution < 1.29 is 0 Å². The maximum atomic E-state index is 4.82. The van der Waals surface area contributed by atoms with E-state index in [4.69, 9.17) is 12.6 Å². The molecule has 0 aliphatic carbocycles. The first-order chi connectivity index (χ1) is 10.8. The van der Waals surface area contributed by atoms with Crippen molar-refractivity contribution in [2.45, 2.75) is 11.8 Å². The molecule has 0 unspecified atom stereocenters. The van der Waals surface area contributed by atoms with Gasteiger partial charge in [0, 0.05) is 10.5 Å². The van der Waals surface area contributed by atoms with Crippen molar-refractivity contribution in [1.29, 1.82) is 0 Å². The number of hydrogen-bond acceptors (Lipinski definition) is 1. The molecular formula is C21H16S. The predicted octanol–water partition coefficient (Wildman–Crippen LogP) is 6.26. The van der Waals surface area contributed by atoms with E-state index in [1.54, 1.807) is 0 Å². The summed E-state index contributed by atoms with van der Waals surface area (Å²) in [6.07, 6.45) is 0. The van der Waals surface area contributed by atoms with Gasteiger partial charge in [0.15, 0.2) is 0 Å². The maximum absolute atomic E-state index is 4.82. The number of thiol groups is 1. The molecule has 1 heteroatoms. The second-order valence-electron chi connectivity index (χ2n) is 5.66. The summed E-state index contributed by atoms with van der Waals surface area (Å²) in [5.41, 5.74) is 3.70. The maximum Gasteiger partial charge on any atom is 0.0155 e. The van der Waals surface area contributed by atoms with Gasteiger partial charge in [0.1, 0.15) is 0 Å². The van der Waals surface area contributed by atoms with Crippen LogP contribution in [-0.4, -0.2) is 0 Å². The largest absolute Gasteiger partial charge is 0.142 e. The van der Waals surface area contributed by atoms with Gasteiger partial charge in [-0.15, -0.1) is 12.6 Å². The molecule has 0 spiro atoms. The van der Waals surface area contributed by atoms with E-state index in [0.29, 0.717) is 0 Å². The van der Waals surface area contributed by atoms with Gasteiger partial charge in [-0.2, -0.15) is 0 Å². The number of fused-ring (bicyclic) bond motifs is 2. The highest BCUT2D eigenvalue weighted by molar-refractivity contribution is 7.80. The SMILES string of the molecule is Cc1cc2ccccc2c(-c2cccc3ccccc23)c1S. The monoisotopic (exact) mass is 300 g/mol. The fraction of sp³-hybridized carbons (Fsp3) is 0.0476. The average molecular weight is 300 g/mol. The van der Waals surface area contributed by atoms with Crippen molar-refractivity contribution in [2.75, 3.05) is 0 Å². The van der Waals surface area contributed by atoms with Crippen LogP contribution in [0.5, 0.6) is 0 Å². The van der Waals surface area contributed by atoms with Crippen molar-refractivity contribution in [2.24, 2.45) is 0 Å². The lowest BCUT2D eigenvalue weighted by Gasteiger charge is -2.15. The Balaban J connectivity index is 2.19. The average Bonchev–Trinajstić information content (AvgIpc) is 2.56. The Morgan fingerprint density at radius 2 is 1.32 bits per heavy atom. The van der Waals surface area contributed by atoms with Crippen molar-refractivity contribution >= 4 is 34.2 Å². The molecule has 106 valence electrons. The standard InChI is InChI=1S/C21H16S/c1-14-13-16-8-3-5-11-18(16)20(21(14)22)19-12-6-9-15-7-2-4-10-17(15)19/h2-13,22H,1H3. The molecule has 4 aromatic rings. The zero-order valence-corrected chi connectivity index (χ0v) is 13.3. The van der Waals surface area contributed by atoms with E-state index < -0.39 is 0 Å². The lowest BCUT2D eigenvalue weighted by Crippen LogP contribution is -1.89. The first kappa shape index (κ1) is 13.4. The minimum absolute atomic E-state index is 1.06. The molecule has 0 bridgehead atoms. The molecular weight excluding hydrogens is 284 g/mol. The summed E-state index contributed by atoms with van der Waals surface area (Å²) in [5, 5.41) is 5.06. The van der Waals surface area contributed by atoms with Crippen LogP contribution >= 0.6 is 12.6 Å². The van der Waals surface area contributed by atoms with E-state index in [1.807, 2.05) is 0 Å². The molecule has 0 N–H and O–H groups in total.